The van der Waals surface area contributed by atoms with Gasteiger partial charge in [-0.3, -0.25) is 0 Å². The summed E-state index contributed by atoms with van der Waals surface area (Å²) >= 11 is 0. The Morgan fingerprint density at radius 3 is 2.69 bits per heavy atom. The van der Waals surface area contributed by atoms with Crippen molar-refractivity contribution in [2.24, 2.45) is 0 Å². The Morgan fingerprint density at radius 1 is 1.19 bits per heavy atom. The van der Waals surface area contributed by atoms with Gasteiger partial charge in [0.15, 0.2) is 0 Å². The highest BCUT2D eigenvalue weighted by molar-refractivity contribution is 5.90. The quantitative estimate of drug-likeness (QED) is 0.812. The summed E-state index contributed by atoms with van der Waals surface area (Å²) in [6.45, 7) is 4.20. The zero-order valence-corrected chi connectivity index (χ0v) is 9.96. The molecule has 0 aliphatic heterocycles. The first-order valence-electron chi connectivity index (χ1n) is 5.94. The van der Waals surface area contributed by atoms with Crippen molar-refractivity contribution < 1.29 is 5.11 Å². The number of aromatic hydroxyl groups is 1. The van der Waals surface area contributed by atoms with E-state index in [0.717, 1.165) is 22.8 Å². The molecule has 0 unspecified atom stereocenters. The van der Waals surface area contributed by atoms with E-state index in [4.69, 9.17) is 0 Å². The molecule has 84 valence electrons. The van der Waals surface area contributed by atoms with Crippen molar-refractivity contribution in [2.45, 2.75) is 33.1 Å². The number of fused-ring (bicyclic) bond motifs is 1. The lowest BCUT2D eigenvalue weighted by atomic mass is 9.97. The van der Waals surface area contributed by atoms with Crippen LogP contribution >= 0.6 is 0 Å². The van der Waals surface area contributed by atoms with Crippen LogP contribution in [0.2, 0.25) is 0 Å². The monoisotopic (exact) mass is 214 g/mol. The average molecular weight is 214 g/mol. The lowest BCUT2D eigenvalue weighted by molar-refractivity contribution is 0.476. The summed E-state index contributed by atoms with van der Waals surface area (Å²) in [4.78, 5) is 0. The topological polar surface area (TPSA) is 20.2 Å². The molecule has 2 aromatic carbocycles. The molecule has 1 nitrogen and oxygen atoms in total. The van der Waals surface area contributed by atoms with Crippen LogP contribution in [0.25, 0.3) is 10.8 Å². The van der Waals surface area contributed by atoms with E-state index in [1.165, 1.54) is 18.4 Å². The van der Waals surface area contributed by atoms with Gasteiger partial charge in [0, 0.05) is 5.39 Å². The molecule has 0 aromatic heterocycles. The van der Waals surface area contributed by atoms with E-state index in [1.807, 2.05) is 25.1 Å². The Morgan fingerprint density at radius 2 is 1.94 bits per heavy atom. The second kappa shape index (κ2) is 4.56. The van der Waals surface area contributed by atoms with Crippen LogP contribution in [-0.4, -0.2) is 5.11 Å². The lowest BCUT2D eigenvalue weighted by Crippen LogP contribution is -1.91. The summed E-state index contributed by atoms with van der Waals surface area (Å²) in [5, 5.41) is 12.2. The molecule has 16 heavy (non-hydrogen) atoms. The SMILES string of the molecule is CCCCc1cc2ccccc2c(O)c1C. The summed E-state index contributed by atoms with van der Waals surface area (Å²) < 4.78 is 0. The first-order valence-corrected chi connectivity index (χ1v) is 5.94. The van der Waals surface area contributed by atoms with Gasteiger partial charge in [0.25, 0.3) is 0 Å². The molecule has 0 fully saturated rings. The van der Waals surface area contributed by atoms with Gasteiger partial charge in [0.05, 0.1) is 0 Å². The fourth-order valence-electron chi connectivity index (χ4n) is 2.12. The number of phenols is 1. The van der Waals surface area contributed by atoms with Crippen LogP contribution < -0.4 is 0 Å². The molecule has 0 spiro atoms. The highest BCUT2D eigenvalue weighted by Gasteiger charge is 2.07. The number of phenolic OH excluding ortho intramolecular Hbond substituents is 1. The predicted octanol–water partition coefficient (Wildman–Crippen LogP) is 4.20. The highest BCUT2D eigenvalue weighted by Crippen LogP contribution is 2.31. The zero-order chi connectivity index (χ0) is 11.5. The van der Waals surface area contributed by atoms with Crippen LogP contribution in [-0.2, 0) is 6.42 Å². The molecule has 0 radical (unpaired) electrons. The van der Waals surface area contributed by atoms with Crippen LogP contribution in [0.15, 0.2) is 30.3 Å². The third-order valence-corrected chi connectivity index (χ3v) is 3.18. The third-order valence-electron chi connectivity index (χ3n) is 3.18. The molecular weight excluding hydrogens is 196 g/mol. The van der Waals surface area contributed by atoms with Crippen LogP contribution in [0.5, 0.6) is 5.75 Å². The molecule has 1 N–H and O–H groups in total. The molecule has 0 aliphatic carbocycles. The second-order valence-electron chi connectivity index (χ2n) is 4.33. The summed E-state index contributed by atoms with van der Waals surface area (Å²) in [7, 11) is 0. The zero-order valence-electron chi connectivity index (χ0n) is 9.96. The average Bonchev–Trinajstić information content (AvgIpc) is 2.32. The summed E-state index contributed by atoms with van der Waals surface area (Å²) in [5.74, 6) is 0.448. The van der Waals surface area contributed by atoms with E-state index in [1.54, 1.807) is 0 Å². The van der Waals surface area contributed by atoms with Gasteiger partial charge < -0.3 is 5.11 Å². The van der Waals surface area contributed by atoms with Crippen molar-refractivity contribution in [2.75, 3.05) is 0 Å². The second-order valence-corrected chi connectivity index (χ2v) is 4.33. The van der Waals surface area contributed by atoms with Crippen molar-refractivity contribution in [3.8, 4) is 5.75 Å². The standard InChI is InChI=1S/C15H18O/c1-3-4-7-12-10-13-8-5-6-9-14(13)15(16)11(12)2/h5-6,8-10,16H,3-4,7H2,1-2H3. The van der Waals surface area contributed by atoms with Crippen molar-refractivity contribution in [3.05, 3.63) is 41.5 Å². The Kier molecular flexibility index (Phi) is 3.14. The highest BCUT2D eigenvalue weighted by atomic mass is 16.3. The molecule has 0 amide bonds. The van der Waals surface area contributed by atoms with Crippen molar-refractivity contribution >= 4 is 10.8 Å². The van der Waals surface area contributed by atoms with Crippen molar-refractivity contribution in [3.63, 3.8) is 0 Å². The number of hydrogen-bond acceptors (Lipinski definition) is 1. The van der Waals surface area contributed by atoms with E-state index in [-0.39, 0.29) is 0 Å². The van der Waals surface area contributed by atoms with Crippen LogP contribution in [0.1, 0.15) is 30.9 Å². The van der Waals surface area contributed by atoms with E-state index in [2.05, 4.69) is 19.1 Å². The fourth-order valence-corrected chi connectivity index (χ4v) is 2.12. The summed E-state index contributed by atoms with van der Waals surface area (Å²) in [5.41, 5.74) is 2.31. The van der Waals surface area contributed by atoms with Crippen molar-refractivity contribution in [1.82, 2.24) is 0 Å². The largest absolute Gasteiger partial charge is 0.507 e. The Balaban J connectivity index is 2.55. The predicted molar refractivity (Wildman–Crippen MR) is 69.0 cm³/mol. The number of hydrogen-bond donors (Lipinski definition) is 1. The summed E-state index contributed by atoms with van der Waals surface area (Å²) in [6, 6.07) is 10.2. The molecule has 2 aromatic rings. The molecule has 0 atom stereocenters. The third kappa shape index (κ3) is 1.90. The van der Waals surface area contributed by atoms with Gasteiger partial charge in [-0.2, -0.15) is 0 Å². The minimum Gasteiger partial charge on any atom is -0.507 e. The van der Waals surface area contributed by atoms with Gasteiger partial charge in [-0.15, -0.1) is 0 Å². The van der Waals surface area contributed by atoms with E-state index < -0.39 is 0 Å². The first-order chi connectivity index (χ1) is 7.74. The van der Waals surface area contributed by atoms with Crippen molar-refractivity contribution in [1.29, 1.82) is 0 Å². The maximum atomic E-state index is 10.1. The van der Waals surface area contributed by atoms with Crippen LogP contribution in [0.4, 0.5) is 0 Å². The van der Waals surface area contributed by atoms with Gasteiger partial charge in [0.2, 0.25) is 0 Å². The van der Waals surface area contributed by atoms with E-state index >= 15 is 0 Å². The molecule has 0 aliphatic rings. The van der Waals surface area contributed by atoms with Crippen LogP contribution in [0, 0.1) is 6.92 Å². The van der Waals surface area contributed by atoms with Crippen LogP contribution in [0.3, 0.4) is 0 Å². The molecule has 2 rings (SSSR count). The van der Waals surface area contributed by atoms with E-state index in [9.17, 15) is 5.11 Å². The van der Waals surface area contributed by atoms with Gasteiger partial charge in [-0.25, -0.2) is 0 Å². The molecule has 1 heteroatoms. The Bertz CT molecular complexity index is 500. The minimum absolute atomic E-state index is 0.448. The lowest BCUT2D eigenvalue weighted by Gasteiger charge is -2.10. The Labute approximate surface area is 96.7 Å². The number of rotatable bonds is 3. The van der Waals surface area contributed by atoms with Gasteiger partial charge in [-0.05, 0) is 36.3 Å². The number of aryl methyl sites for hydroxylation is 1. The first kappa shape index (κ1) is 11.0. The van der Waals surface area contributed by atoms with Gasteiger partial charge >= 0.3 is 0 Å². The number of benzene rings is 2. The van der Waals surface area contributed by atoms with Gasteiger partial charge in [-0.1, -0.05) is 43.7 Å². The van der Waals surface area contributed by atoms with Gasteiger partial charge in [0.1, 0.15) is 5.75 Å². The minimum atomic E-state index is 0.448. The molecule has 0 saturated heterocycles. The molecule has 0 saturated carbocycles. The maximum Gasteiger partial charge on any atom is 0.126 e. The Hall–Kier alpha value is -1.50. The number of unbranched alkanes of at least 4 members (excludes halogenated alkanes) is 1. The maximum absolute atomic E-state index is 10.1. The summed E-state index contributed by atoms with van der Waals surface area (Å²) in [6.07, 6.45) is 3.42. The normalized spacial score (nSPS) is 10.9. The smallest absolute Gasteiger partial charge is 0.126 e. The molecular formula is C15H18O. The molecule has 0 bridgehead atoms. The molecule has 0 heterocycles. The fraction of sp³-hybridized carbons (Fsp3) is 0.333. The van der Waals surface area contributed by atoms with E-state index in [0.29, 0.717) is 5.75 Å².